The molecule has 7 nitrogen and oxygen atoms in total. The van der Waals surface area contributed by atoms with E-state index in [0.717, 1.165) is 11.1 Å². The number of carboxylic acids is 1. The van der Waals surface area contributed by atoms with E-state index in [2.05, 4.69) is 10.0 Å². The predicted molar refractivity (Wildman–Crippen MR) is 118 cm³/mol. The number of sulfonamides is 1. The number of amides is 1. The van der Waals surface area contributed by atoms with Gasteiger partial charge in [-0.3, -0.25) is 9.59 Å². The lowest BCUT2D eigenvalue weighted by molar-refractivity contribution is -0.139. The first-order valence-corrected chi connectivity index (χ1v) is 11.2. The van der Waals surface area contributed by atoms with E-state index in [-0.39, 0.29) is 17.7 Å². The molecule has 0 unspecified atom stereocenters. The summed E-state index contributed by atoms with van der Waals surface area (Å²) in [6, 6.07) is 19.0. The molecule has 0 spiro atoms. The van der Waals surface area contributed by atoms with Crippen LogP contribution in [0.3, 0.4) is 0 Å². The maximum Gasteiger partial charge on any atom is 0.321 e. The summed E-state index contributed by atoms with van der Waals surface area (Å²) in [5.74, 6) is -2.38. The molecule has 3 rings (SSSR count). The van der Waals surface area contributed by atoms with Crippen LogP contribution in [0, 0.1) is 5.82 Å². The molecule has 0 fully saturated rings. The fourth-order valence-electron chi connectivity index (χ4n) is 2.98. The van der Waals surface area contributed by atoms with E-state index >= 15 is 0 Å². The minimum Gasteiger partial charge on any atom is -0.480 e. The second-order valence-corrected chi connectivity index (χ2v) is 8.71. The van der Waals surface area contributed by atoms with Crippen LogP contribution in [0.25, 0.3) is 11.1 Å². The van der Waals surface area contributed by atoms with E-state index < -0.39 is 33.8 Å². The van der Waals surface area contributed by atoms with E-state index in [1.54, 1.807) is 12.1 Å². The molecule has 166 valence electrons. The van der Waals surface area contributed by atoms with Gasteiger partial charge >= 0.3 is 5.97 Å². The van der Waals surface area contributed by atoms with Gasteiger partial charge in [-0.1, -0.05) is 42.5 Å². The minimum atomic E-state index is -4.12. The van der Waals surface area contributed by atoms with Gasteiger partial charge in [0.05, 0.1) is 4.90 Å². The number of benzene rings is 3. The smallest absolute Gasteiger partial charge is 0.321 e. The Morgan fingerprint density at radius 3 is 2.06 bits per heavy atom. The Labute approximate surface area is 185 Å². The number of aliphatic carboxylic acids is 1. The second kappa shape index (κ2) is 10.2. The van der Waals surface area contributed by atoms with Crippen molar-refractivity contribution in [2.75, 3.05) is 5.32 Å². The minimum absolute atomic E-state index is 0.0841. The number of rotatable bonds is 9. The molecular formula is C23H21FN2O5S. The molecule has 0 aliphatic heterocycles. The molecule has 0 radical (unpaired) electrons. The van der Waals surface area contributed by atoms with Crippen molar-refractivity contribution in [2.24, 2.45) is 0 Å². The maximum atomic E-state index is 12.9. The SMILES string of the molecule is O=C(CC[C@H](NS(=O)(=O)c1ccc(-c2ccccc2)cc1)C(=O)O)Nc1ccc(F)cc1. The normalized spacial score (nSPS) is 12.2. The average molecular weight is 456 g/mol. The third-order valence-electron chi connectivity index (χ3n) is 4.66. The molecule has 1 amide bonds. The average Bonchev–Trinajstić information content (AvgIpc) is 2.78. The van der Waals surface area contributed by atoms with Crippen molar-refractivity contribution in [2.45, 2.75) is 23.8 Å². The summed E-state index contributed by atoms with van der Waals surface area (Å²) < 4.78 is 40.4. The zero-order chi connectivity index (χ0) is 23.1. The number of hydrogen-bond donors (Lipinski definition) is 3. The van der Waals surface area contributed by atoms with Gasteiger partial charge in [-0.25, -0.2) is 12.8 Å². The molecule has 0 bridgehead atoms. The Morgan fingerprint density at radius 1 is 0.875 bits per heavy atom. The molecule has 3 aromatic carbocycles. The molecule has 3 N–H and O–H groups in total. The Kier molecular flexibility index (Phi) is 7.34. The van der Waals surface area contributed by atoms with Crippen LogP contribution in [0.1, 0.15) is 12.8 Å². The first-order chi connectivity index (χ1) is 15.2. The van der Waals surface area contributed by atoms with Crippen molar-refractivity contribution in [1.82, 2.24) is 4.72 Å². The van der Waals surface area contributed by atoms with E-state index in [9.17, 15) is 27.5 Å². The van der Waals surface area contributed by atoms with Crippen LogP contribution in [0.15, 0.2) is 83.8 Å². The Balaban J connectivity index is 1.63. The summed E-state index contributed by atoms with van der Waals surface area (Å²) in [5, 5.41) is 11.9. The summed E-state index contributed by atoms with van der Waals surface area (Å²) in [6.07, 6.45) is -0.506. The molecule has 9 heteroatoms. The van der Waals surface area contributed by atoms with Gasteiger partial charge in [-0.15, -0.1) is 0 Å². The zero-order valence-corrected chi connectivity index (χ0v) is 17.7. The topological polar surface area (TPSA) is 113 Å². The largest absolute Gasteiger partial charge is 0.480 e. The van der Waals surface area contributed by atoms with Gasteiger partial charge in [0, 0.05) is 12.1 Å². The van der Waals surface area contributed by atoms with Crippen LogP contribution in [0.5, 0.6) is 0 Å². The summed E-state index contributed by atoms with van der Waals surface area (Å²) in [6.45, 7) is 0. The van der Waals surface area contributed by atoms with Crippen molar-refractivity contribution in [3.8, 4) is 11.1 Å². The monoisotopic (exact) mass is 456 g/mol. The van der Waals surface area contributed by atoms with E-state index in [1.807, 2.05) is 30.3 Å². The van der Waals surface area contributed by atoms with Gasteiger partial charge in [0.2, 0.25) is 15.9 Å². The molecule has 3 aromatic rings. The zero-order valence-electron chi connectivity index (χ0n) is 16.9. The molecule has 1 atom stereocenters. The van der Waals surface area contributed by atoms with Crippen LogP contribution >= 0.6 is 0 Å². The van der Waals surface area contributed by atoms with Crippen molar-refractivity contribution < 1.29 is 27.5 Å². The van der Waals surface area contributed by atoms with Gasteiger partial charge in [0.25, 0.3) is 0 Å². The van der Waals surface area contributed by atoms with Gasteiger partial charge in [0.1, 0.15) is 11.9 Å². The first-order valence-electron chi connectivity index (χ1n) is 9.70. The van der Waals surface area contributed by atoms with E-state index in [4.69, 9.17) is 0 Å². The summed E-state index contributed by atoms with van der Waals surface area (Å²) in [7, 11) is -4.12. The highest BCUT2D eigenvalue weighted by atomic mass is 32.2. The van der Waals surface area contributed by atoms with Crippen molar-refractivity contribution >= 4 is 27.6 Å². The second-order valence-electron chi connectivity index (χ2n) is 7.00. The van der Waals surface area contributed by atoms with Crippen LogP contribution < -0.4 is 10.0 Å². The lowest BCUT2D eigenvalue weighted by Crippen LogP contribution is -2.41. The van der Waals surface area contributed by atoms with Crippen molar-refractivity contribution in [3.05, 3.63) is 84.7 Å². The lowest BCUT2D eigenvalue weighted by Gasteiger charge is -2.15. The Bertz CT molecular complexity index is 1180. The maximum absolute atomic E-state index is 12.9. The highest BCUT2D eigenvalue weighted by Gasteiger charge is 2.26. The molecule has 0 heterocycles. The number of anilines is 1. The molecule has 0 aromatic heterocycles. The van der Waals surface area contributed by atoms with Crippen molar-refractivity contribution in [1.29, 1.82) is 0 Å². The molecule has 0 aliphatic rings. The molecule has 0 saturated carbocycles. The highest BCUT2D eigenvalue weighted by Crippen LogP contribution is 2.21. The predicted octanol–water partition coefficient (Wildman–Crippen LogP) is 3.64. The number of carbonyl (C=O) groups excluding carboxylic acids is 1. The van der Waals surface area contributed by atoms with Gasteiger partial charge in [0.15, 0.2) is 0 Å². The number of hydrogen-bond acceptors (Lipinski definition) is 4. The van der Waals surface area contributed by atoms with Crippen LogP contribution in [0.4, 0.5) is 10.1 Å². The Hall–Kier alpha value is -3.56. The van der Waals surface area contributed by atoms with Gasteiger partial charge in [-0.05, 0) is 53.9 Å². The summed E-state index contributed by atoms with van der Waals surface area (Å²) >= 11 is 0. The number of halogens is 1. The molecule has 32 heavy (non-hydrogen) atoms. The highest BCUT2D eigenvalue weighted by molar-refractivity contribution is 7.89. The molecular weight excluding hydrogens is 435 g/mol. The fourth-order valence-corrected chi connectivity index (χ4v) is 4.20. The van der Waals surface area contributed by atoms with Gasteiger partial charge < -0.3 is 10.4 Å². The number of carbonyl (C=O) groups is 2. The first kappa shape index (κ1) is 23.1. The quantitative estimate of drug-likeness (QED) is 0.455. The number of carboxylic acid groups (broad SMARTS) is 1. The summed E-state index contributed by atoms with van der Waals surface area (Å²) in [4.78, 5) is 23.5. The molecule has 0 aliphatic carbocycles. The van der Waals surface area contributed by atoms with Crippen molar-refractivity contribution in [3.63, 3.8) is 0 Å². The van der Waals surface area contributed by atoms with E-state index in [1.165, 1.54) is 36.4 Å². The fraction of sp³-hybridized carbons (Fsp3) is 0.130. The third-order valence-corrected chi connectivity index (χ3v) is 6.14. The standard InChI is InChI=1S/C23H21FN2O5S/c24-18-8-10-19(11-9-18)25-22(27)15-14-21(23(28)29)26-32(30,31)20-12-6-17(7-13-20)16-4-2-1-3-5-16/h1-13,21,26H,14-15H2,(H,25,27)(H,28,29)/t21-/m0/s1. The molecule has 0 saturated heterocycles. The lowest BCUT2D eigenvalue weighted by atomic mass is 10.1. The summed E-state index contributed by atoms with van der Waals surface area (Å²) in [5.41, 5.74) is 2.08. The van der Waals surface area contributed by atoms with Crippen LogP contribution in [-0.2, 0) is 19.6 Å². The van der Waals surface area contributed by atoms with Crippen LogP contribution in [0.2, 0.25) is 0 Å². The third kappa shape index (κ3) is 6.22. The number of nitrogens with one attached hydrogen (secondary N) is 2. The Morgan fingerprint density at radius 2 is 1.47 bits per heavy atom. The van der Waals surface area contributed by atoms with E-state index in [0.29, 0.717) is 5.69 Å². The van der Waals surface area contributed by atoms with Crippen LogP contribution in [-0.4, -0.2) is 31.4 Å². The van der Waals surface area contributed by atoms with Gasteiger partial charge in [-0.2, -0.15) is 4.72 Å².